The quantitative estimate of drug-likeness (QED) is 0.688. The van der Waals surface area contributed by atoms with E-state index in [9.17, 15) is 13.6 Å². The number of anilines is 2. The van der Waals surface area contributed by atoms with E-state index in [1.807, 2.05) is 24.3 Å². The van der Waals surface area contributed by atoms with Gasteiger partial charge in [-0.1, -0.05) is 12.1 Å². The van der Waals surface area contributed by atoms with Gasteiger partial charge in [0.05, 0.1) is 7.11 Å². The third-order valence-electron chi connectivity index (χ3n) is 3.81. The number of ether oxygens (including phenoxy) is 1. The van der Waals surface area contributed by atoms with Crippen LogP contribution in [0.1, 0.15) is 16.1 Å². The van der Waals surface area contributed by atoms with Gasteiger partial charge in [0.1, 0.15) is 11.4 Å². The number of nitrogens with one attached hydrogen (secondary N) is 2. The van der Waals surface area contributed by atoms with E-state index in [1.54, 1.807) is 13.2 Å². The summed E-state index contributed by atoms with van der Waals surface area (Å²) in [5.41, 5.74) is 2.02. The van der Waals surface area contributed by atoms with Gasteiger partial charge in [-0.15, -0.1) is 0 Å². The molecule has 0 radical (unpaired) electrons. The van der Waals surface area contributed by atoms with Crippen molar-refractivity contribution in [2.75, 3.05) is 12.4 Å². The zero-order valence-electron chi connectivity index (χ0n) is 14.5. The number of carbonyl (C=O) groups is 1. The minimum atomic E-state index is -0.952. The van der Waals surface area contributed by atoms with Crippen molar-refractivity contribution in [2.45, 2.75) is 6.54 Å². The first kappa shape index (κ1) is 18.3. The summed E-state index contributed by atoms with van der Waals surface area (Å²) in [5, 5.41) is 5.69. The number of hydrogen-bond donors (Lipinski definition) is 2. The summed E-state index contributed by atoms with van der Waals surface area (Å²) in [7, 11) is 1.59. The Bertz CT molecular complexity index is 946. The van der Waals surface area contributed by atoms with E-state index in [2.05, 4.69) is 15.6 Å². The van der Waals surface area contributed by atoms with E-state index in [-0.39, 0.29) is 11.6 Å². The molecule has 7 heteroatoms. The second-order valence-corrected chi connectivity index (χ2v) is 5.71. The van der Waals surface area contributed by atoms with Crippen molar-refractivity contribution in [3.8, 4) is 5.75 Å². The predicted octanol–water partition coefficient (Wildman–Crippen LogP) is 4.04. The maximum Gasteiger partial charge on any atom is 0.270 e. The van der Waals surface area contributed by atoms with Crippen molar-refractivity contribution in [1.82, 2.24) is 10.3 Å². The monoisotopic (exact) mass is 369 g/mol. The third kappa shape index (κ3) is 4.78. The number of halogens is 2. The smallest absolute Gasteiger partial charge is 0.270 e. The molecule has 0 aliphatic rings. The molecule has 27 heavy (non-hydrogen) atoms. The highest BCUT2D eigenvalue weighted by Crippen LogP contribution is 2.19. The Morgan fingerprint density at radius 1 is 1.00 bits per heavy atom. The first-order valence-corrected chi connectivity index (χ1v) is 8.14. The number of aromatic nitrogens is 1. The van der Waals surface area contributed by atoms with Crippen molar-refractivity contribution < 1.29 is 18.3 Å². The molecule has 0 saturated carbocycles. The molecule has 0 bridgehead atoms. The number of methoxy groups -OCH3 is 1. The second kappa shape index (κ2) is 8.27. The van der Waals surface area contributed by atoms with Crippen LogP contribution in [0.2, 0.25) is 0 Å². The summed E-state index contributed by atoms with van der Waals surface area (Å²) >= 11 is 0. The van der Waals surface area contributed by atoms with Crippen LogP contribution in [0.4, 0.5) is 20.2 Å². The van der Waals surface area contributed by atoms with Gasteiger partial charge in [-0.25, -0.2) is 8.78 Å². The zero-order valence-corrected chi connectivity index (χ0v) is 14.5. The average Bonchev–Trinajstić information content (AvgIpc) is 2.69. The molecule has 1 aromatic heterocycles. The fraction of sp³-hybridized carbons (Fsp3) is 0.100. The predicted molar refractivity (Wildman–Crippen MR) is 98.0 cm³/mol. The molecule has 138 valence electrons. The molecule has 1 amide bonds. The third-order valence-corrected chi connectivity index (χ3v) is 3.81. The molecule has 3 aromatic rings. The molecule has 1 heterocycles. The fourth-order valence-corrected chi connectivity index (χ4v) is 2.39. The Morgan fingerprint density at radius 2 is 1.74 bits per heavy atom. The lowest BCUT2D eigenvalue weighted by Crippen LogP contribution is -2.23. The van der Waals surface area contributed by atoms with Crippen LogP contribution in [-0.2, 0) is 6.54 Å². The molecular weight excluding hydrogens is 352 g/mol. The molecule has 0 unspecified atom stereocenters. The van der Waals surface area contributed by atoms with Gasteiger partial charge in [0, 0.05) is 30.2 Å². The lowest BCUT2D eigenvalue weighted by molar-refractivity contribution is 0.0946. The van der Waals surface area contributed by atoms with Gasteiger partial charge in [0.25, 0.3) is 5.91 Å². The van der Waals surface area contributed by atoms with Gasteiger partial charge < -0.3 is 15.4 Å². The highest BCUT2D eigenvalue weighted by atomic mass is 19.2. The second-order valence-electron chi connectivity index (χ2n) is 5.71. The number of pyridine rings is 1. The minimum Gasteiger partial charge on any atom is -0.497 e. The number of amides is 1. The van der Waals surface area contributed by atoms with Crippen LogP contribution in [-0.4, -0.2) is 18.0 Å². The Hall–Kier alpha value is -3.48. The van der Waals surface area contributed by atoms with E-state index in [4.69, 9.17) is 4.74 Å². The molecule has 0 aliphatic heterocycles. The Labute approximate surface area is 155 Å². The van der Waals surface area contributed by atoms with Crippen LogP contribution in [0.25, 0.3) is 0 Å². The average molecular weight is 369 g/mol. The van der Waals surface area contributed by atoms with Crippen LogP contribution >= 0.6 is 0 Å². The van der Waals surface area contributed by atoms with E-state index in [0.717, 1.165) is 23.4 Å². The molecule has 0 atom stereocenters. The van der Waals surface area contributed by atoms with Gasteiger partial charge in [0.2, 0.25) is 0 Å². The minimum absolute atomic E-state index is 0.205. The topological polar surface area (TPSA) is 63.2 Å². The molecule has 0 spiro atoms. The first-order chi connectivity index (χ1) is 13.0. The van der Waals surface area contributed by atoms with Gasteiger partial charge >= 0.3 is 0 Å². The van der Waals surface area contributed by atoms with Crippen molar-refractivity contribution in [2.24, 2.45) is 0 Å². The van der Waals surface area contributed by atoms with Crippen molar-refractivity contribution in [3.05, 3.63) is 83.7 Å². The maximum absolute atomic E-state index is 13.3. The Balaban J connectivity index is 1.64. The van der Waals surface area contributed by atoms with Crippen LogP contribution in [0.15, 0.2) is 60.8 Å². The standard InChI is InChI=1S/C20H17F2N3O2/c1-27-16-5-2-13(3-6-16)12-24-20(26)19-11-15(8-9-23-19)25-14-4-7-17(21)18(22)10-14/h2-11H,12H2,1H3,(H,23,25)(H,24,26). The lowest BCUT2D eigenvalue weighted by atomic mass is 10.2. The summed E-state index contributed by atoms with van der Waals surface area (Å²) in [6, 6.07) is 14.0. The number of nitrogens with zero attached hydrogens (tertiary/aromatic N) is 1. The summed E-state index contributed by atoms with van der Waals surface area (Å²) in [5.74, 6) is -1.48. The molecule has 3 rings (SSSR count). The molecular formula is C20H17F2N3O2. The fourth-order valence-electron chi connectivity index (χ4n) is 2.39. The van der Waals surface area contributed by atoms with Gasteiger partial charge in [-0.2, -0.15) is 0 Å². The van der Waals surface area contributed by atoms with E-state index in [1.165, 1.54) is 18.3 Å². The van der Waals surface area contributed by atoms with Gasteiger partial charge in [-0.3, -0.25) is 9.78 Å². The maximum atomic E-state index is 13.3. The van der Waals surface area contributed by atoms with Gasteiger partial charge in [-0.05, 0) is 42.0 Å². The normalized spacial score (nSPS) is 10.3. The highest BCUT2D eigenvalue weighted by molar-refractivity contribution is 5.93. The summed E-state index contributed by atoms with van der Waals surface area (Å²) in [6.45, 7) is 0.339. The number of benzene rings is 2. The van der Waals surface area contributed by atoms with Crippen molar-refractivity contribution >= 4 is 17.3 Å². The van der Waals surface area contributed by atoms with Crippen LogP contribution in [0.3, 0.4) is 0 Å². The summed E-state index contributed by atoms with van der Waals surface area (Å²) in [4.78, 5) is 16.4. The zero-order chi connectivity index (χ0) is 19.2. The Kier molecular flexibility index (Phi) is 5.61. The van der Waals surface area contributed by atoms with Crippen LogP contribution < -0.4 is 15.4 Å². The molecule has 0 fully saturated rings. The summed E-state index contributed by atoms with van der Waals surface area (Å²) < 4.78 is 31.4. The first-order valence-electron chi connectivity index (χ1n) is 8.14. The van der Waals surface area contributed by atoms with E-state index < -0.39 is 11.6 Å². The molecule has 2 N–H and O–H groups in total. The molecule has 0 saturated heterocycles. The molecule has 2 aromatic carbocycles. The van der Waals surface area contributed by atoms with Crippen LogP contribution in [0.5, 0.6) is 5.75 Å². The molecule has 0 aliphatic carbocycles. The molecule has 5 nitrogen and oxygen atoms in total. The van der Waals surface area contributed by atoms with Crippen LogP contribution in [0, 0.1) is 11.6 Å². The van der Waals surface area contributed by atoms with Gasteiger partial charge in [0.15, 0.2) is 11.6 Å². The Morgan fingerprint density at radius 3 is 2.44 bits per heavy atom. The lowest BCUT2D eigenvalue weighted by Gasteiger charge is -2.09. The van der Waals surface area contributed by atoms with Crippen molar-refractivity contribution in [3.63, 3.8) is 0 Å². The number of hydrogen-bond acceptors (Lipinski definition) is 4. The number of carbonyl (C=O) groups excluding carboxylic acids is 1. The number of rotatable bonds is 6. The summed E-state index contributed by atoms with van der Waals surface area (Å²) in [6.07, 6.45) is 1.46. The van der Waals surface area contributed by atoms with E-state index >= 15 is 0 Å². The SMILES string of the molecule is COc1ccc(CNC(=O)c2cc(Nc3ccc(F)c(F)c3)ccn2)cc1. The van der Waals surface area contributed by atoms with E-state index in [0.29, 0.717) is 17.9 Å². The highest BCUT2D eigenvalue weighted by Gasteiger charge is 2.09. The van der Waals surface area contributed by atoms with Crippen molar-refractivity contribution in [1.29, 1.82) is 0 Å². The largest absolute Gasteiger partial charge is 0.497 e.